The van der Waals surface area contributed by atoms with Crippen molar-refractivity contribution in [2.75, 3.05) is 5.73 Å². The maximum atomic E-state index is 5.87. The van der Waals surface area contributed by atoms with Crippen molar-refractivity contribution in [2.24, 2.45) is 0 Å². The number of aryl methyl sites for hydroxylation is 1. The van der Waals surface area contributed by atoms with Crippen LogP contribution in [0.25, 0.3) is 11.0 Å². The highest BCUT2D eigenvalue weighted by Gasteiger charge is 2.19. The zero-order chi connectivity index (χ0) is 14.1. The molecule has 1 unspecified atom stereocenters. The lowest BCUT2D eigenvalue weighted by atomic mass is 10.1. The normalized spacial score (nSPS) is 12.9. The van der Waals surface area contributed by atoms with Crippen molar-refractivity contribution in [1.82, 2.24) is 9.55 Å². The molecule has 0 aliphatic heterocycles. The van der Waals surface area contributed by atoms with Gasteiger partial charge >= 0.3 is 0 Å². The molecule has 1 atom stereocenters. The number of thiophene rings is 1. The predicted octanol–water partition coefficient (Wildman–Crippen LogP) is 4.38. The van der Waals surface area contributed by atoms with Crippen LogP contribution in [-0.2, 0) is 0 Å². The molecule has 0 radical (unpaired) electrons. The van der Waals surface area contributed by atoms with E-state index in [1.165, 1.54) is 10.4 Å². The second-order valence-electron chi connectivity index (χ2n) is 5.10. The summed E-state index contributed by atoms with van der Waals surface area (Å²) in [7, 11) is 0. The van der Waals surface area contributed by atoms with Gasteiger partial charge in [0.2, 0.25) is 0 Å². The molecule has 3 rings (SSSR count). The number of benzene rings is 1. The van der Waals surface area contributed by atoms with Crippen molar-refractivity contribution in [3.05, 3.63) is 46.4 Å². The van der Waals surface area contributed by atoms with Gasteiger partial charge in [0.05, 0.1) is 17.1 Å². The van der Waals surface area contributed by atoms with Crippen LogP contribution in [0.2, 0.25) is 0 Å². The number of nitrogen functional groups attached to an aromatic ring is 1. The molecular formula is C16H19N3S. The predicted molar refractivity (Wildman–Crippen MR) is 86.2 cm³/mol. The molecule has 2 heterocycles. The first-order valence-electron chi connectivity index (χ1n) is 6.98. The third-order valence-electron chi connectivity index (χ3n) is 3.64. The van der Waals surface area contributed by atoms with E-state index in [9.17, 15) is 0 Å². The maximum absolute atomic E-state index is 5.87. The zero-order valence-electron chi connectivity index (χ0n) is 11.8. The summed E-state index contributed by atoms with van der Waals surface area (Å²) in [6.45, 7) is 4.31. The van der Waals surface area contributed by atoms with E-state index in [2.05, 4.69) is 47.0 Å². The van der Waals surface area contributed by atoms with Crippen LogP contribution >= 0.6 is 11.3 Å². The van der Waals surface area contributed by atoms with E-state index >= 15 is 0 Å². The van der Waals surface area contributed by atoms with Crippen molar-refractivity contribution in [2.45, 2.75) is 32.7 Å². The number of fused-ring (bicyclic) bond motifs is 1. The summed E-state index contributed by atoms with van der Waals surface area (Å²) in [5, 5.41) is 2.14. The molecule has 0 aliphatic carbocycles. The largest absolute Gasteiger partial charge is 0.399 e. The first-order valence-corrected chi connectivity index (χ1v) is 7.86. The third-order valence-corrected chi connectivity index (χ3v) is 4.61. The first-order chi connectivity index (χ1) is 9.70. The van der Waals surface area contributed by atoms with Gasteiger partial charge in [0.1, 0.15) is 5.82 Å². The Morgan fingerprint density at radius 1 is 1.35 bits per heavy atom. The standard InChI is InChI=1S/C16H19N3S/c1-3-5-15(16-6-4-9-20-16)19-11(2)18-13-10-12(17)7-8-14(13)19/h4,6-10,15H,3,5,17H2,1-2H3. The second kappa shape index (κ2) is 5.29. The Kier molecular flexibility index (Phi) is 3.49. The minimum absolute atomic E-state index is 0.369. The molecular weight excluding hydrogens is 266 g/mol. The Morgan fingerprint density at radius 2 is 2.20 bits per heavy atom. The lowest BCUT2D eigenvalue weighted by molar-refractivity contribution is 0.542. The average Bonchev–Trinajstić information content (AvgIpc) is 3.03. The molecule has 0 spiro atoms. The van der Waals surface area contributed by atoms with Gasteiger partial charge < -0.3 is 10.3 Å². The molecule has 1 aromatic carbocycles. The van der Waals surface area contributed by atoms with Crippen LogP contribution in [0.15, 0.2) is 35.7 Å². The molecule has 0 saturated heterocycles. The minimum Gasteiger partial charge on any atom is -0.399 e. The number of imidazole rings is 1. The number of hydrogen-bond acceptors (Lipinski definition) is 3. The van der Waals surface area contributed by atoms with Crippen LogP contribution in [0.1, 0.15) is 36.5 Å². The monoisotopic (exact) mass is 285 g/mol. The molecule has 3 nitrogen and oxygen atoms in total. The molecule has 0 bridgehead atoms. The Labute approximate surface area is 123 Å². The van der Waals surface area contributed by atoms with Gasteiger partial charge in [-0.25, -0.2) is 4.98 Å². The van der Waals surface area contributed by atoms with Gasteiger partial charge in [0, 0.05) is 10.6 Å². The number of nitrogens with two attached hydrogens (primary N) is 1. The molecule has 2 N–H and O–H groups in total. The fraction of sp³-hybridized carbons (Fsp3) is 0.312. The average molecular weight is 285 g/mol. The van der Waals surface area contributed by atoms with Gasteiger partial charge in [-0.1, -0.05) is 19.4 Å². The molecule has 0 saturated carbocycles. The summed E-state index contributed by atoms with van der Waals surface area (Å²) in [5.41, 5.74) is 8.79. The van der Waals surface area contributed by atoms with E-state index in [0.29, 0.717) is 6.04 Å². The topological polar surface area (TPSA) is 43.8 Å². The van der Waals surface area contributed by atoms with Gasteiger partial charge in [0.15, 0.2) is 0 Å². The molecule has 4 heteroatoms. The zero-order valence-corrected chi connectivity index (χ0v) is 12.7. The molecule has 0 amide bonds. The van der Waals surface area contributed by atoms with Crippen LogP contribution in [0.5, 0.6) is 0 Å². The molecule has 104 valence electrons. The minimum atomic E-state index is 0.369. The van der Waals surface area contributed by atoms with Crippen LogP contribution in [0.4, 0.5) is 5.69 Å². The van der Waals surface area contributed by atoms with Crippen molar-refractivity contribution < 1.29 is 0 Å². The number of rotatable bonds is 4. The van der Waals surface area contributed by atoms with Crippen molar-refractivity contribution in [3.8, 4) is 0 Å². The highest BCUT2D eigenvalue weighted by molar-refractivity contribution is 7.10. The number of hydrogen-bond donors (Lipinski definition) is 1. The van der Waals surface area contributed by atoms with Crippen LogP contribution in [0, 0.1) is 6.92 Å². The van der Waals surface area contributed by atoms with E-state index in [1.807, 2.05) is 23.5 Å². The molecule has 0 fully saturated rings. The van der Waals surface area contributed by atoms with Crippen LogP contribution in [0.3, 0.4) is 0 Å². The number of nitrogens with zero attached hydrogens (tertiary/aromatic N) is 2. The molecule has 2 aromatic heterocycles. The summed E-state index contributed by atoms with van der Waals surface area (Å²) >= 11 is 1.82. The highest BCUT2D eigenvalue weighted by Crippen LogP contribution is 2.32. The van der Waals surface area contributed by atoms with E-state index < -0.39 is 0 Å². The smallest absolute Gasteiger partial charge is 0.107 e. The fourth-order valence-electron chi connectivity index (χ4n) is 2.78. The maximum Gasteiger partial charge on any atom is 0.107 e. The van der Waals surface area contributed by atoms with E-state index in [-0.39, 0.29) is 0 Å². The van der Waals surface area contributed by atoms with E-state index in [4.69, 9.17) is 5.73 Å². The first kappa shape index (κ1) is 13.2. The van der Waals surface area contributed by atoms with Crippen LogP contribution < -0.4 is 5.73 Å². The molecule has 3 aromatic rings. The Morgan fingerprint density at radius 3 is 2.90 bits per heavy atom. The summed E-state index contributed by atoms with van der Waals surface area (Å²) in [5.74, 6) is 1.05. The lowest BCUT2D eigenvalue weighted by Crippen LogP contribution is -2.10. The quantitative estimate of drug-likeness (QED) is 0.723. The summed E-state index contributed by atoms with van der Waals surface area (Å²) in [6.07, 6.45) is 2.27. The van der Waals surface area contributed by atoms with Gasteiger partial charge in [-0.05, 0) is 43.0 Å². The van der Waals surface area contributed by atoms with Crippen LogP contribution in [-0.4, -0.2) is 9.55 Å². The fourth-order valence-corrected chi connectivity index (χ4v) is 3.63. The van der Waals surface area contributed by atoms with E-state index in [1.54, 1.807) is 0 Å². The molecule has 0 aliphatic rings. The summed E-state index contributed by atoms with van der Waals surface area (Å²) < 4.78 is 2.35. The molecule has 20 heavy (non-hydrogen) atoms. The highest BCUT2D eigenvalue weighted by atomic mass is 32.1. The van der Waals surface area contributed by atoms with Gasteiger partial charge in [0.25, 0.3) is 0 Å². The Balaban J connectivity index is 2.18. The SMILES string of the molecule is CCCC(c1cccs1)n1c(C)nc2cc(N)ccc21. The number of aromatic nitrogens is 2. The van der Waals surface area contributed by atoms with Gasteiger partial charge in [-0.15, -0.1) is 11.3 Å². The second-order valence-corrected chi connectivity index (χ2v) is 6.08. The van der Waals surface area contributed by atoms with Crippen molar-refractivity contribution >= 4 is 28.1 Å². The van der Waals surface area contributed by atoms with Gasteiger partial charge in [-0.3, -0.25) is 0 Å². The van der Waals surface area contributed by atoms with Crippen molar-refractivity contribution in [3.63, 3.8) is 0 Å². The van der Waals surface area contributed by atoms with Crippen molar-refractivity contribution in [1.29, 1.82) is 0 Å². The Hall–Kier alpha value is -1.81. The third kappa shape index (κ3) is 2.20. The van der Waals surface area contributed by atoms with Gasteiger partial charge in [-0.2, -0.15) is 0 Å². The lowest BCUT2D eigenvalue weighted by Gasteiger charge is -2.19. The Bertz CT molecular complexity index is 713. The summed E-state index contributed by atoms with van der Waals surface area (Å²) in [6, 6.07) is 10.7. The number of anilines is 1. The summed E-state index contributed by atoms with van der Waals surface area (Å²) in [4.78, 5) is 6.07. The van der Waals surface area contributed by atoms with E-state index in [0.717, 1.165) is 29.9 Å².